The van der Waals surface area contributed by atoms with Gasteiger partial charge in [0.15, 0.2) is 5.75 Å². The Balaban J connectivity index is 2.50. The fourth-order valence-electron chi connectivity index (χ4n) is 0.879. The largest absolute Gasteiger partial charge is 0.409 e. The van der Waals surface area contributed by atoms with Gasteiger partial charge in [0.05, 0.1) is 0 Å². The molecule has 0 unspecified atom stereocenters. The van der Waals surface area contributed by atoms with Crippen LogP contribution in [-0.4, -0.2) is 6.54 Å². The number of benzene rings is 1. The molecular weight excluding hydrogens is 188 g/mol. The van der Waals surface area contributed by atoms with Crippen molar-refractivity contribution in [2.45, 2.75) is 13.8 Å². The number of halogens is 2. The van der Waals surface area contributed by atoms with E-state index >= 15 is 0 Å². The monoisotopic (exact) mass is 201 g/mol. The zero-order valence-corrected chi connectivity index (χ0v) is 8.18. The van der Waals surface area contributed by atoms with Crippen LogP contribution in [0.4, 0.5) is 8.78 Å². The van der Waals surface area contributed by atoms with Gasteiger partial charge in [-0.1, -0.05) is 13.8 Å². The average molecular weight is 201 g/mol. The summed E-state index contributed by atoms with van der Waals surface area (Å²) in [5.74, 6) is -0.741. The van der Waals surface area contributed by atoms with Gasteiger partial charge in [-0.25, -0.2) is 8.78 Å². The molecule has 0 saturated carbocycles. The predicted octanol–water partition coefficient (Wildman–Crippen LogP) is 2.50. The third-order valence-corrected chi connectivity index (χ3v) is 1.52. The molecule has 1 aromatic carbocycles. The van der Waals surface area contributed by atoms with E-state index in [-0.39, 0.29) is 5.75 Å². The molecule has 78 valence electrons. The number of hydroxylamine groups is 1. The molecule has 0 radical (unpaired) electrons. The van der Waals surface area contributed by atoms with Crippen molar-refractivity contribution in [1.82, 2.24) is 5.48 Å². The molecule has 0 fully saturated rings. The van der Waals surface area contributed by atoms with E-state index in [0.717, 1.165) is 18.2 Å². The van der Waals surface area contributed by atoms with Crippen LogP contribution in [0.3, 0.4) is 0 Å². The Morgan fingerprint density at radius 1 is 1.21 bits per heavy atom. The molecule has 0 aliphatic carbocycles. The first kappa shape index (κ1) is 10.9. The number of hydrogen-bond acceptors (Lipinski definition) is 2. The molecule has 1 aromatic rings. The van der Waals surface area contributed by atoms with Gasteiger partial charge >= 0.3 is 0 Å². The van der Waals surface area contributed by atoms with E-state index in [0.29, 0.717) is 12.5 Å². The minimum Gasteiger partial charge on any atom is -0.409 e. The summed E-state index contributed by atoms with van der Waals surface area (Å²) in [5.41, 5.74) is 2.62. The molecule has 0 heterocycles. The molecule has 4 heteroatoms. The Morgan fingerprint density at radius 3 is 2.29 bits per heavy atom. The summed E-state index contributed by atoms with van der Waals surface area (Å²) in [6.45, 7) is 4.63. The summed E-state index contributed by atoms with van der Waals surface area (Å²) < 4.78 is 25.3. The molecule has 0 saturated heterocycles. The maximum Gasteiger partial charge on any atom is 0.152 e. The summed E-state index contributed by atoms with van der Waals surface area (Å²) >= 11 is 0. The van der Waals surface area contributed by atoms with Gasteiger partial charge in [-0.05, 0) is 5.92 Å². The fraction of sp³-hybridized carbons (Fsp3) is 0.400. The quantitative estimate of drug-likeness (QED) is 0.756. The van der Waals surface area contributed by atoms with Crippen LogP contribution in [0.5, 0.6) is 5.75 Å². The molecule has 1 rings (SSSR count). The van der Waals surface area contributed by atoms with Gasteiger partial charge < -0.3 is 4.84 Å². The Hall–Kier alpha value is -1.16. The molecule has 0 aliphatic rings. The van der Waals surface area contributed by atoms with Gasteiger partial charge in [0, 0.05) is 24.7 Å². The van der Waals surface area contributed by atoms with Gasteiger partial charge in [0.1, 0.15) is 11.6 Å². The highest BCUT2D eigenvalue weighted by molar-refractivity contribution is 5.23. The highest BCUT2D eigenvalue weighted by Crippen LogP contribution is 2.14. The molecule has 2 nitrogen and oxygen atoms in total. The summed E-state index contributed by atoms with van der Waals surface area (Å²) in [5, 5.41) is 0. The van der Waals surface area contributed by atoms with Crippen molar-refractivity contribution in [2.24, 2.45) is 5.92 Å². The first-order valence-electron chi connectivity index (χ1n) is 4.43. The van der Waals surface area contributed by atoms with E-state index in [1.807, 2.05) is 13.8 Å². The molecule has 0 atom stereocenters. The fourth-order valence-corrected chi connectivity index (χ4v) is 0.879. The third-order valence-electron chi connectivity index (χ3n) is 1.52. The lowest BCUT2D eigenvalue weighted by Crippen LogP contribution is -2.23. The minimum atomic E-state index is -0.647. The maximum absolute atomic E-state index is 12.7. The zero-order chi connectivity index (χ0) is 10.6. The Morgan fingerprint density at radius 2 is 1.79 bits per heavy atom. The molecule has 14 heavy (non-hydrogen) atoms. The Labute approximate surface area is 81.8 Å². The molecule has 1 N–H and O–H groups in total. The zero-order valence-electron chi connectivity index (χ0n) is 8.18. The third kappa shape index (κ3) is 3.70. The predicted molar refractivity (Wildman–Crippen MR) is 49.8 cm³/mol. The highest BCUT2D eigenvalue weighted by Gasteiger charge is 2.01. The number of nitrogens with one attached hydrogen (secondary N) is 1. The van der Waals surface area contributed by atoms with Crippen LogP contribution in [0.25, 0.3) is 0 Å². The van der Waals surface area contributed by atoms with Crippen molar-refractivity contribution < 1.29 is 13.6 Å². The van der Waals surface area contributed by atoms with E-state index in [2.05, 4.69) is 5.48 Å². The van der Waals surface area contributed by atoms with E-state index in [1.165, 1.54) is 0 Å². The molecule has 0 bridgehead atoms. The van der Waals surface area contributed by atoms with Gasteiger partial charge in [0.2, 0.25) is 0 Å². The second-order valence-corrected chi connectivity index (χ2v) is 3.45. The van der Waals surface area contributed by atoms with Crippen LogP contribution in [-0.2, 0) is 0 Å². The van der Waals surface area contributed by atoms with E-state index < -0.39 is 11.6 Å². The topological polar surface area (TPSA) is 21.3 Å². The van der Waals surface area contributed by atoms with Crippen molar-refractivity contribution >= 4 is 0 Å². The van der Waals surface area contributed by atoms with Crippen molar-refractivity contribution in [3.8, 4) is 5.75 Å². The van der Waals surface area contributed by atoms with Crippen LogP contribution < -0.4 is 10.3 Å². The van der Waals surface area contributed by atoms with Crippen molar-refractivity contribution in [1.29, 1.82) is 0 Å². The average Bonchev–Trinajstić information content (AvgIpc) is 2.01. The van der Waals surface area contributed by atoms with Crippen LogP contribution in [0.15, 0.2) is 18.2 Å². The van der Waals surface area contributed by atoms with E-state index in [1.54, 1.807) is 0 Å². The highest BCUT2D eigenvalue weighted by atomic mass is 19.1. The number of hydrogen-bond donors (Lipinski definition) is 1. The molecule has 0 aromatic heterocycles. The summed E-state index contributed by atoms with van der Waals surface area (Å²) in [7, 11) is 0. The van der Waals surface area contributed by atoms with Crippen LogP contribution in [0.1, 0.15) is 13.8 Å². The Kier molecular flexibility index (Phi) is 3.83. The van der Waals surface area contributed by atoms with E-state index in [9.17, 15) is 8.78 Å². The van der Waals surface area contributed by atoms with Crippen molar-refractivity contribution in [3.63, 3.8) is 0 Å². The smallest absolute Gasteiger partial charge is 0.152 e. The van der Waals surface area contributed by atoms with Crippen LogP contribution in [0, 0.1) is 17.6 Å². The second kappa shape index (κ2) is 4.91. The standard InChI is InChI=1S/C10H13F2NO/c1-7(2)6-13-14-10-4-8(11)3-9(12)5-10/h3-5,7,13H,6H2,1-2H3. The van der Waals surface area contributed by atoms with E-state index in [4.69, 9.17) is 4.84 Å². The molecule has 0 spiro atoms. The molecule has 0 aliphatic heterocycles. The lowest BCUT2D eigenvalue weighted by Gasteiger charge is -2.08. The SMILES string of the molecule is CC(C)CNOc1cc(F)cc(F)c1. The molecule has 0 amide bonds. The minimum absolute atomic E-state index is 0.142. The lowest BCUT2D eigenvalue weighted by atomic mass is 10.2. The summed E-state index contributed by atoms with van der Waals surface area (Å²) in [6.07, 6.45) is 0. The van der Waals surface area contributed by atoms with Gasteiger partial charge in [0.25, 0.3) is 0 Å². The van der Waals surface area contributed by atoms with Crippen LogP contribution >= 0.6 is 0 Å². The summed E-state index contributed by atoms with van der Waals surface area (Å²) in [6, 6.07) is 3.04. The van der Waals surface area contributed by atoms with Crippen molar-refractivity contribution in [3.05, 3.63) is 29.8 Å². The van der Waals surface area contributed by atoms with Gasteiger partial charge in [-0.15, -0.1) is 0 Å². The lowest BCUT2D eigenvalue weighted by molar-refractivity contribution is 0.181. The van der Waals surface area contributed by atoms with Crippen molar-refractivity contribution in [2.75, 3.05) is 6.54 Å². The van der Waals surface area contributed by atoms with Gasteiger partial charge in [-0.3, -0.25) is 0 Å². The molecular formula is C10H13F2NO. The van der Waals surface area contributed by atoms with Crippen LogP contribution in [0.2, 0.25) is 0 Å². The maximum atomic E-state index is 12.7. The Bertz CT molecular complexity index is 282. The first-order valence-corrected chi connectivity index (χ1v) is 4.43. The normalized spacial score (nSPS) is 10.6. The number of rotatable bonds is 4. The first-order chi connectivity index (χ1) is 6.58. The summed E-state index contributed by atoms with van der Waals surface area (Å²) in [4.78, 5) is 4.95. The second-order valence-electron chi connectivity index (χ2n) is 3.45. The van der Waals surface area contributed by atoms with Gasteiger partial charge in [-0.2, -0.15) is 5.48 Å².